The number of hydrogen-bond donors (Lipinski definition) is 1. The molecule has 0 radical (unpaired) electrons. The molecule has 1 aliphatic heterocycles. The third kappa shape index (κ3) is 2.80. The molecule has 1 aromatic rings. The van der Waals surface area contributed by atoms with Gasteiger partial charge in [-0.05, 0) is 24.1 Å². The molecule has 1 fully saturated rings. The number of benzene rings is 1. The Morgan fingerprint density at radius 2 is 2.06 bits per heavy atom. The van der Waals surface area contributed by atoms with Gasteiger partial charge >= 0.3 is 0 Å². The SMILES string of the molecule is CCCC1CNCC(c2ccc(F)cc2)O1. The predicted octanol–water partition coefficient (Wildman–Crippen LogP) is 2.66. The fraction of sp³-hybridized carbons (Fsp3) is 0.538. The fourth-order valence-electron chi connectivity index (χ4n) is 2.07. The van der Waals surface area contributed by atoms with Gasteiger partial charge in [0.15, 0.2) is 0 Å². The summed E-state index contributed by atoms with van der Waals surface area (Å²) in [6.45, 7) is 3.89. The van der Waals surface area contributed by atoms with E-state index in [0.717, 1.165) is 31.5 Å². The Bertz CT molecular complexity index is 323. The molecule has 2 nitrogen and oxygen atoms in total. The molecule has 0 bridgehead atoms. The van der Waals surface area contributed by atoms with Gasteiger partial charge in [0.1, 0.15) is 5.82 Å². The molecule has 0 aliphatic carbocycles. The molecule has 3 heteroatoms. The summed E-state index contributed by atoms with van der Waals surface area (Å²) < 4.78 is 18.8. The van der Waals surface area contributed by atoms with Crippen molar-refractivity contribution in [3.63, 3.8) is 0 Å². The maximum Gasteiger partial charge on any atom is 0.123 e. The van der Waals surface area contributed by atoms with Gasteiger partial charge in [0, 0.05) is 13.1 Å². The molecular formula is C13H18FNO. The van der Waals surface area contributed by atoms with E-state index in [1.54, 1.807) is 12.1 Å². The van der Waals surface area contributed by atoms with Crippen LogP contribution < -0.4 is 5.32 Å². The average molecular weight is 223 g/mol. The van der Waals surface area contributed by atoms with Crippen molar-refractivity contribution in [2.45, 2.75) is 32.0 Å². The summed E-state index contributed by atoms with van der Waals surface area (Å²) in [5, 5.41) is 3.36. The predicted molar refractivity (Wildman–Crippen MR) is 61.8 cm³/mol. The van der Waals surface area contributed by atoms with Crippen molar-refractivity contribution < 1.29 is 9.13 Å². The Morgan fingerprint density at radius 3 is 2.75 bits per heavy atom. The standard InChI is InChI=1S/C13H18FNO/c1-2-3-12-8-15-9-13(16-12)10-4-6-11(14)7-5-10/h4-7,12-13,15H,2-3,8-9H2,1H3. The highest BCUT2D eigenvalue weighted by molar-refractivity contribution is 5.19. The molecule has 1 N–H and O–H groups in total. The third-order valence-corrected chi connectivity index (χ3v) is 2.91. The van der Waals surface area contributed by atoms with E-state index >= 15 is 0 Å². The lowest BCUT2D eigenvalue weighted by Crippen LogP contribution is -2.40. The van der Waals surface area contributed by atoms with Gasteiger partial charge in [-0.2, -0.15) is 0 Å². The van der Waals surface area contributed by atoms with Crippen LogP contribution in [0.25, 0.3) is 0 Å². The van der Waals surface area contributed by atoms with Crippen LogP contribution in [-0.4, -0.2) is 19.2 Å². The second-order valence-corrected chi connectivity index (χ2v) is 4.25. The number of ether oxygens (including phenoxy) is 1. The lowest BCUT2D eigenvalue weighted by Gasteiger charge is -2.31. The molecule has 0 amide bonds. The van der Waals surface area contributed by atoms with E-state index in [-0.39, 0.29) is 18.0 Å². The van der Waals surface area contributed by atoms with E-state index in [1.165, 1.54) is 12.1 Å². The van der Waals surface area contributed by atoms with Gasteiger partial charge in [-0.1, -0.05) is 25.5 Å². The average Bonchev–Trinajstić information content (AvgIpc) is 2.31. The maximum absolute atomic E-state index is 12.8. The largest absolute Gasteiger partial charge is 0.368 e. The minimum atomic E-state index is -0.197. The zero-order valence-corrected chi connectivity index (χ0v) is 9.58. The molecule has 1 heterocycles. The van der Waals surface area contributed by atoms with Crippen LogP contribution in [0.4, 0.5) is 4.39 Å². The van der Waals surface area contributed by atoms with Crippen LogP contribution in [0.3, 0.4) is 0 Å². The molecule has 0 spiro atoms. The molecule has 0 saturated carbocycles. The quantitative estimate of drug-likeness (QED) is 0.850. The van der Waals surface area contributed by atoms with Crippen LogP contribution in [0.15, 0.2) is 24.3 Å². The van der Waals surface area contributed by atoms with E-state index in [1.807, 2.05) is 0 Å². The first kappa shape index (κ1) is 11.6. The minimum absolute atomic E-state index is 0.0610. The summed E-state index contributed by atoms with van der Waals surface area (Å²) in [6, 6.07) is 6.58. The van der Waals surface area contributed by atoms with Gasteiger partial charge in [-0.15, -0.1) is 0 Å². The summed E-state index contributed by atoms with van der Waals surface area (Å²) in [5.74, 6) is -0.197. The van der Waals surface area contributed by atoms with E-state index < -0.39 is 0 Å². The monoisotopic (exact) mass is 223 g/mol. The lowest BCUT2D eigenvalue weighted by atomic mass is 10.1. The number of halogens is 1. The molecule has 1 aliphatic rings. The van der Waals surface area contributed by atoms with Crippen LogP contribution in [0, 0.1) is 5.82 Å². The van der Waals surface area contributed by atoms with Gasteiger partial charge in [0.25, 0.3) is 0 Å². The molecule has 1 saturated heterocycles. The highest BCUT2D eigenvalue weighted by atomic mass is 19.1. The number of nitrogens with one attached hydrogen (secondary N) is 1. The molecular weight excluding hydrogens is 205 g/mol. The van der Waals surface area contributed by atoms with Gasteiger partial charge in [0.2, 0.25) is 0 Å². The molecule has 2 atom stereocenters. The maximum atomic E-state index is 12.8. The smallest absolute Gasteiger partial charge is 0.123 e. The Kier molecular flexibility index (Phi) is 3.91. The van der Waals surface area contributed by atoms with Crippen molar-refractivity contribution in [3.05, 3.63) is 35.6 Å². The third-order valence-electron chi connectivity index (χ3n) is 2.91. The van der Waals surface area contributed by atoms with Crippen molar-refractivity contribution in [1.29, 1.82) is 0 Å². The van der Waals surface area contributed by atoms with Gasteiger partial charge in [-0.3, -0.25) is 0 Å². The Labute approximate surface area is 95.8 Å². The first-order chi connectivity index (χ1) is 7.79. The second-order valence-electron chi connectivity index (χ2n) is 4.25. The zero-order chi connectivity index (χ0) is 11.4. The highest BCUT2D eigenvalue weighted by Crippen LogP contribution is 2.23. The highest BCUT2D eigenvalue weighted by Gasteiger charge is 2.22. The molecule has 16 heavy (non-hydrogen) atoms. The Hall–Kier alpha value is -0.930. The van der Waals surface area contributed by atoms with Crippen molar-refractivity contribution >= 4 is 0 Å². The van der Waals surface area contributed by atoms with E-state index in [9.17, 15) is 4.39 Å². The topological polar surface area (TPSA) is 21.3 Å². The number of hydrogen-bond acceptors (Lipinski definition) is 2. The lowest BCUT2D eigenvalue weighted by molar-refractivity contribution is -0.0425. The Balaban J connectivity index is 2.01. The van der Waals surface area contributed by atoms with E-state index in [2.05, 4.69) is 12.2 Å². The summed E-state index contributed by atoms with van der Waals surface area (Å²) in [4.78, 5) is 0. The molecule has 2 unspecified atom stereocenters. The summed E-state index contributed by atoms with van der Waals surface area (Å²) >= 11 is 0. The van der Waals surface area contributed by atoms with Crippen molar-refractivity contribution in [2.75, 3.05) is 13.1 Å². The molecule has 2 rings (SSSR count). The van der Waals surface area contributed by atoms with Crippen LogP contribution >= 0.6 is 0 Å². The van der Waals surface area contributed by atoms with Crippen LogP contribution in [-0.2, 0) is 4.74 Å². The Morgan fingerprint density at radius 1 is 1.31 bits per heavy atom. The normalized spacial score (nSPS) is 25.6. The van der Waals surface area contributed by atoms with Gasteiger partial charge in [0.05, 0.1) is 12.2 Å². The van der Waals surface area contributed by atoms with Gasteiger partial charge < -0.3 is 10.1 Å². The summed E-state index contributed by atoms with van der Waals surface area (Å²) in [7, 11) is 0. The van der Waals surface area contributed by atoms with Crippen molar-refractivity contribution in [2.24, 2.45) is 0 Å². The minimum Gasteiger partial charge on any atom is -0.368 e. The zero-order valence-electron chi connectivity index (χ0n) is 9.58. The summed E-state index contributed by atoms with van der Waals surface area (Å²) in [5.41, 5.74) is 1.05. The van der Waals surface area contributed by atoms with Crippen LogP contribution in [0.2, 0.25) is 0 Å². The van der Waals surface area contributed by atoms with Gasteiger partial charge in [-0.25, -0.2) is 4.39 Å². The summed E-state index contributed by atoms with van der Waals surface area (Å²) in [6.07, 6.45) is 2.55. The van der Waals surface area contributed by atoms with E-state index in [0.29, 0.717) is 0 Å². The first-order valence-electron chi connectivity index (χ1n) is 5.91. The second kappa shape index (κ2) is 5.41. The molecule has 0 aromatic heterocycles. The van der Waals surface area contributed by atoms with Crippen molar-refractivity contribution in [1.82, 2.24) is 5.32 Å². The van der Waals surface area contributed by atoms with Crippen LogP contribution in [0.5, 0.6) is 0 Å². The number of rotatable bonds is 3. The molecule has 88 valence electrons. The molecule has 1 aromatic carbocycles. The van der Waals surface area contributed by atoms with Crippen LogP contribution in [0.1, 0.15) is 31.4 Å². The first-order valence-corrected chi connectivity index (χ1v) is 5.91. The van der Waals surface area contributed by atoms with E-state index in [4.69, 9.17) is 4.74 Å². The fourth-order valence-corrected chi connectivity index (χ4v) is 2.07. The van der Waals surface area contributed by atoms with Crippen molar-refractivity contribution in [3.8, 4) is 0 Å². The number of morpholine rings is 1.